The normalized spacial score (nSPS) is 17.7. The molecule has 1 atom stereocenters. The lowest BCUT2D eigenvalue weighted by molar-refractivity contribution is -0.140. The number of hydrogen-bond donors (Lipinski definition) is 1. The van der Waals surface area contributed by atoms with E-state index in [4.69, 9.17) is 0 Å². The van der Waals surface area contributed by atoms with Gasteiger partial charge in [-0.2, -0.15) is 0 Å². The molecule has 126 valence electrons. The number of anilines is 2. The predicted octanol–water partition coefficient (Wildman–Crippen LogP) is 2.27. The Bertz CT molecular complexity index is 559. The SMILES string of the molecule is CCCC(=O)N1CCCCC1C(=O)Nc1cccc(N(C)C)n1. The molecule has 1 aliphatic heterocycles. The molecule has 1 aliphatic rings. The fourth-order valence-corrected chi connectivity index (χ4v) is 2.81. The Morgan fingerprint density at radius 3 is 2.83 bits per heavy atom. The largest absolute Gasteiger partial charge is 0.363 e. The number of carbonyl (C=O) groups is 2. The van der Waals surface area contributed by atoms with E-state index in [1.165, 1.54) is 0 Å². The van der Waals surface area contributed by atoms with Crippen molar-refractivity contribution in [2.45, 2.75) is 45.1 Å². The first-order valence-electron chi connectivity index (χ1n) is 8.27. The molecule has 6 heteroatoms. The highest BCUT2D eigenvalue weighted by Gasteiger charge is 2.31. The van der Waals surface area contributed by atoms with Crippen LogP contribution in [0.1, 0.15) is 39.0 Å². The zero-order valence-corrected chi connectivity index (χ0v) is 14.2. The number of aromatic nitrogens is 1. The van der Waals surface area contributed by atoms with Gasteiger partial charge in [0.15, 0.2) is 0 Å². The molecule has 0 saturated carbocycles. The van der Waals surface area contributed by atoms with Crippen molar-refractivity contribution in [1.29, 1.82) is 0 Å². The molecule has 1 fully saturated rings. The summed E-state index contributed by atoms with van der Waals surface area (Å²) in [5.41, 5.74) is 0. The van der Waals surface area contributed by atoms with Crippen LogP contribution in [0, 0.1) is 0 Å². The van der Waals surface area contributed by atoms with E-state index < -0.39 is 0 Å². The van der Waals surface area contributed by atoms with Crippen LogP contribution in [-0.4, -0.2) is 48.4 Å². The van der Waals surface area contributed by atoms with Crippen LogP contribution in [0.4, 0.5) is 11.6 Å². The van der Waals surface area contributed by atoms with Gasteiger partial charge < -0.3 is 15.1 Å². The molecule has 0 spiro atoms. The molecule has 0 bridgehead atoms. The van der Waals surface area contributed by atoms with Gasteiger partial charge in [0.1, 0.15) is 17.7 Å². The molecule has 1 aromatic rings. The molecule has 6 nitrogen and oxygen atoms in total. The first-order valence-corrected chi connectivity index (χ1v) is 8.27. The Labute approximate surface area is 137 Å². The lowest BCUT2D eigenvalue weighted by atomic mass is 10.0. The van der Waals surface area contributed by atoms with Crippen molar-refractivity contribution >= 4 is 23.5 Å². The fourth-order valence-electron chi connectivity index (χ4n) is 2.81. The second-order valence-electron chi connectivity index (χ2n) is 6.11. The van der Waals surface area contributed by atoms with Crippen LogP contribution in [0.25, 0.3) is 0 Å². The average molecular weight is 318 g/mol. The average Bonchev–Trinajstić information content (AvgIpc) is 2.55. The smallest absolute Gasteiger partial charge is 0.248 e. The first kappa shape index (κ1) is 17.2. The van der Waals surface area contributed by atoms with Crippen LogP contribution in [0.5, 0.6) is 0 Å². The molecule has 0 aliphatic carbocycles. The van der Waals surface area contributed by atoms with Crippen LogP contribution < -0.4 is 10.2 Å². The summed E-state index contributed by atoms with van der Waals surface area (Å²) >= 11 is 0. The fraction of sp³-hybridized carbons (Fsp3) is 0.588. The highest BCUT2D eigenvalue weighted by molar-refractivity contribution is 5.96. The number of carbonyl (C=O) groups excluding carboxylic acids is 2. The van der Waals surface area contributed by atoms with Gasteiger partial charge in [-0.1, -0.05) is 13.0 Å². The molecule has 2 amide bonds. The summed E-state index contributed by atoms with van der Waals surface area (Å²) in [6, 6.07) is 5.13. The minimum absolute atomic E-state index is 0.0716. The molecule has 2 rings (SSSR count). The Morgan fingerprint density at radius 2 is 2.13 bits per heavy atom. The van der Waals surface area contributed by atoms with Crippen molar-refractivity contribution in [3.8, 4) is 0 Å². The maximum atomic E-state index is 12.6. The first-order chi connectivity index (χ1) is 11.0. The maximum Gasteiger partial charge on any atom is 0.248 e. The van der Waals surface area contributed by atoms with Gasteiger partial charge in [0.2, 0.25) is 11.8 Å². The van der Waals surface area contributed by atoms with E-state index in [1.807, 2.05) is 38.1 Å². The van der Waals surface area contributed by atoms with Gasteiger partial charge in [-0.25, -0.2) is 4.98 Å². The van der Waals surface area contributed by atoms with E-state index in [1.54, 1.807) is 11.0 Å². The molecule has 23 heavy (non-hydrogen) atoms. The summed E-state index contributed by atoms with van der Waals surface area (Å²) in [4.78, 5) is 32.9. The van der Waals surface area contributed by atoms with Crippen LogP contribution in [0.15, 0.2) is 18.2 Å². The van der Waals surface area contributed by atoms with E-state index >= 15 is 0 Å². The standard InChI is InChI=1S/C17H26N4O2/c1-4-8-16(22)21-12-6-5-9-13(21)17(23)19-14-10-7-11-15(18-14)20(2)3/h7,10-11,13H,4-6,8-9,12H2,1-3H3,(H,18,19,23). The highest BCUT2D eigenvalue weighted by Crippen LogP contribution is 2.20. The predicted molar refractivity (Wildman–Crippen MR) is 91.5 cm³/mol. The Balaban J connectivity index is 2.08. The second-order valence-corrected chi connectivity index (χ2v) is 6.11. The number of nitrogens with one attached hydrogen (secondary N) is 1. The van der Waals surface area contributed by atoms with Crippen molar-refractivity contribution in [3.05, 3.63) is 18.2 Å². The molecule has 0 aromatic carbocycles. The number of piperidine rings is 1. The summed E-state index contributed by atoms with van der Waals surface area (Å²) in [5, 5.41) is 2.86. The Morgan fingerprint density at radius 1 is 1.35 bits per heavy atom. The quantitative estimate of drug-likeness (QED) is 0.904. The molecular formula is C17H26N4O2. The van der Waals surface area contributed by atoms with E-state index in [-0.39, 0.29) is 17.9 Å². The molecule has 2 heterocycles. The molecule has 1 N–H and O–H groups in total. The lowest BCUT2D eigenvalue weighted by Crippen LogP contribution is -2.50. The van der Waals surface area contributed by atoms with Gasteiger partial charge in [-0.15, -0.1) is 0 Å². The van der Waals surface area contributed by atoms with Gasteiger partial charge in [0.25, 0.3) is 0 Å². The van der Waals surface area contributed by atoms with E-state index in [9.17, 15) is 9.59 Å². The van der Waals surface area contributed by atoms with Crippen LogP contribution in [-0.2, 0) is 9.59 Å². The number of likely N-dealkylation sites (tertiary alicyclic amines) is 1. The van der Waals surface area contributed by atoms with E-state index in [2.05, 4.69) is 10.3 Å². The van der Waals surface area contributed by atoms with Gasteiger partial charge in [-0.05, 0) is 37.8 Å². The Kier molecular flexibility index (Phi) is 5.96. The minimum atomic E-state index is -0.382. The van der Waals surface area contributed by atoms with Gasteiger partial charge in [0.05, 0.1) is 0 Å². The van der Waals surface area contributed by atoms with Crippen molar-refractivity contribution in [1.82, 2.24) is 9.88 Å². The van der Waals surface area contributed by atoms with E-state index in [0.717, 1.165) is 25.1 Å². The van der Waals surface area contributed by atoms with Crippen LogP contribution in [0.2, 0.25) is 0 Å². The van der Waals surface area contributed by atoms with E-state index in [0.29, 0.717) is 25.2 Å². The second kappa shape index (κ2) is 7.94. The van der Waals surface area contributed by atoms with Crippen LogP contribution in [0.3, 0.4) is 0 Å². The number of rotatable bonds is 5. The topological polar surface area (TPSA) is 65.5 Å². The van der Waals surface area contributed by atoms with Crippen LogP contribution >= 0.6 is 0 Å². The highest BCUT2D eigenvalue weighted by atomic mass is 16.2. The lowest BCUT2D eigenvalue weighted by Gasteiger charge is -2.34. The van der Waals surface area contributed by atoms with Gasteiger partial charge >= 0.3 is 0 Å². The third-order valence-corrected chi connectivity index (χ3v) is 4.03. The Hall–Kier alpha value is -2.11. The van der Waals surface area contributed by atoms with Gasteiger partial charge in [-0.3, -0.25) is 9.59 Å². The minimum Gasteiger partial charge on any atom is -0.363 e. The molecule has 1 aromatic heterocycles. The van der Waals surface area contributed by atoms with Crippen molar-refractivity contribution in [3.63, 3.8) is 0 Å². The zero-order chi connectivity index (χ0) is 16.8. The molecule has 1 unspecified atom stereocenters. The third kappa shape index (κ3) is 4.43. The summed E-state index contributed by atoms with van der Waals surface area (Å²) in [5.74, 6) is 1.24. The molecular weight excluding hydrogens is 292 g/mol. The summed E-state index contributed by atoms with van der Waals surface area (Å²) < 4.78 is 0. The van der Waals surface area contributed by atoms with Crippen molar-refractivity contribution in [2.75, 3.05) is 30.9 Å². The summed E-state index contributed by atoms with van der Waals surface area (Å²) in [6.07, 6.45) is 3.95. The van der Waals surface area contributed by atoms with Gasteiger partial charge in [0, 0.05) is 27.1 Å². The third-order valence-electron chi connectivity index (χ3n) is 4.03. The van der Waals surface area contributed by atoms with Crippen molar-refractivity contribution in [2.24, 2.45) is 0 Å². The number of amides is 2. The number of hydrogen-bond acceptors (Lipinski definition) is 4. The maximum absolute atomic E-state index is 12.6. The zero-order valence-electron chi connectivity index (χ0n) is 14.2. The summed E-state index contributed by atoms with van der Waals surface area (Å²) in [6.45, 7) is 2.65. The molecule has 0 radical (unpaired) electrons. The monoisotopic (exact) mass is 318 g/mol. The molecule has 1 saturated heterocycles. The summed E-state index contributed by atoms with van der Waals surface area (Å²) in [7, 11) is 3.81. The number of pyridine rings is 1. The van der Waals surface area contributed by atoms with Crippen molar-refractivity contribution < 1.29 is 9.59 Å². The number of nitrogens with zero attached hydrogens (tertiary/aromatic N) is 3.